The number of carbonyl (C=O) groups is 1. The van der Waals surface area contributed by atoms with Gasteiger partial charge in [-0.25, -0.2) is 0 Å². The highest BCUT2D eigenvalue weighted by molar-refractivity contribution is 8.04. The molecular weight excluding hydrogens is 264 g/mol. The lowest BCUT2D eigenvalue weighted by Gasteiger charge is -2.05. The fourth-order valence-electron chi connectivity index (χ4n) is 1.12. The Morgan fingerprint density at radius 1 is 0.667 bits per heavy atom. The van der Waals surface area contributed by atoms with Gasteiger partial charge in [0.05, 0.1) is 11.5 Å². The fraction of sp³-hybridized carbons (Fsp3) is 0.900. The summed E-state index contributed by atoms with van der Waals surface area (Å²) in [5.74, 6) is 9.11. The van der Waals surface area contributed by atoms with E-state index in [-0.39, 0.29) is 0 Å². The third kappa shape index (κ3) is 8.83. The number of Topliss-reactive ketones (excluding diaryl/α,β-unsaturated/α-hetero) is 1. The van der Waals surface area contributed by atoms with E-state index in [1.54, 1.807) is 23.5 Å². The predicted molar refractivity (Wildman–Crippen MR) is 78.9 cm³/mol. The van der Waals surface area contributed by atoms with Crippen LogP contribution < -0.4 is 0 Å². The maximum absolute atomic E-state index is 11.4. The minimum Gasteiger partial charge on any atom is -0.298 e. The fourth-order valence-corrected chi connectivity index (χ4v) is 5.37. The molecule has 1 heterocycles. The Bertz CT molecular complexity index is 159. The van der Waals surface area contributed by atoms with Crippen LogP contribution >= 0.6 is 47.0 Å². The van der Waals surface area contributed by atoms with E-state index in [0.717, 1.165) is 23.0 Å². The van der Waals surface area contributed by atoms with Gasteiger partial charge in [-0.2, -0.15) is 47.0 Å². The van der Waals surface area contributed by atoms with Crippen molar-refractivity contribution in [1.82, 2.24) is 0 Å². The summed E-state index contributed by atoms with van der Waals surface area (Å²) in [7, 11) is 0. The first kappa shape index (κ1) is 14.1. The molecule has 0 amide bonds. The number of hydrogen-bond acceptors (Lipinski definition) is 5. The summed E-state index contributed by atoms with van der Waals surface area (Å²) in [6.07, 6.45) is 1.34. The van der Waals surface area contributed by atoms with Gasteiger partial charge in [-0.15, -0.1) is 0 Å². The molecule has 1 saturated heterocycles. The largest absolute Gasteiger partial charge is 0.298 e. The van der Waals surface area contributed by atoms with Crippen molar-refractivity contribution in [3.8, 4) is 0 Å². The van der Waals surface area contributed by atoms with Crippen molar-refractivity contribution in [1.29, 1.82) is 0 Å². The molecule has 5 heteroatoms. The summed E-state index contributed by atoms with van der Waals surface area (Å²) in [4.78, 5) is 11.4. The van der Waals surface area contributed by atoms with Crippen molar-refractivity contribution in [3.05, 3.63) is 0 Å². The summed E-state index contributed by atoms with van der Waals surface area (Å²) in [6.45, 7) is 0. The number of hydrogen-bond donors (Lipinski definition) is 0. The van der Waals surface area contributed by atoms with Crippen LogP contribution in [0.4, 0.5) is 0 Å². The molecule has 0 bridgehead atoms. The number of rotatable bonds is 0. The van der Waals surface area contributed by atoms with Crippen LogP contribution in [0.25, 0.3) is 0 Å². The second kappa shape index (κ2) is 10.2. The molecule has 0 N–H and O–H groups in total. The molecule has 0 aliphatic carbocycles. The molecule has 0 aromatic carbocycles. The number of thioether (sulfide) groups is 4. The van der Waals surface area contributed by atoms with Gasteiger partial charge in [-0.05, 0) is 17.9 Å². The average molecular weight is 283 g/mol. The Morgan fingerprint density at radius 3 is 1.67 bits per heavy atom. The summed E-state index contributed by atoms with van der Waals surface area (Å²) in [5, 5.41) is 0. The minimum atomic E-state index is 0.414. The number of carbonyl (C=O) groups excluding carboxylic acids is 1. The molecule has 0 aromatic heterocycles. The van der Waals surface area contributed by atoms with E-state index in [1.807, 2.05) is 23.5 Å². The van der Waals surface area contributed by atoms with Gasteiger partial charge in [0, 0.05) is 23.0 Å². The number of ketones is 1. The topological polar surface area (TPSA) is 17.1 Å². The maximum atomic E-state index is 11.4. The van der Waals surface area contributed by atoms with Crippen molar-refractivity contribution in [2.75, 3.05) is 46.0 Å². The lowest BCUT2D eigenvalue weighted by Crippen LogP contribution is -2.07. The Labute approximate surface area is 110 Å². The summed E-state index contributed by atoms with van der Waals surface area (Å²) < 4.78 is 0. The Hall–Kier alpha value is 1.07. The lowest BCUT2D eigenvalue weighted by atomic mass is 10.5. The standard InChI is InChI=1S/C10H18OS4/c11-10-8-14-6-4-12-2-1-3-13-5-7-15-9-10/h1-9H2. The highest BCUT2D eigenvalue weighted by Gasteiger charge is 2.03. The van der Waals surface area contributed by atoms with Crippen LogP contribution in [-0.2, 0) is 4.79 Å². The third-order valence-electron chi connectivity index (χ3n) is 1.85. The first-order chi connectivity index (χ1) is 7.39. The Balaban J connectivity index is 2.13. The molecular formula is C10H18OS4. The van der Waals surface area contributed by atoms with E-state index in [1.165, 1.54) is 29.4 Å². The SMILES string of the molecule is O=C1CSCCSCCCSCCSC1. The van der Waals surface area contributed by atoms with Crippen molar-refractivity contribution in [2.45, 2.75) is 6.42 Å². The van der Waals surface area contributed by atoms with Crippen LogP contribution in [0, 0.1) is 0 Å². The second-order valence-electron chi connectivity index (χ2n) is 3.22. The monoisotopic (exact) mass is 282 g/mol. The molecule has 0 saturated carbocycles. The highest BCUT2D eigenvalue weighted by Crippen LogP contribution is 2.14. The van der Waals surface area contributed by atoms with Crippen LogP contribution in [-0.4, -0.2) is 51.8 Å². The van der Waals surface area contributed by atoms with Gasteiger partial charge in [-0.3, -0.25) is 4.79 Å². The zero-order chi connectivity index (χ0) is 10.8. The van der Waals surface area contributed by atoms with E-state index in [2.05, 4.69) is 0 Å². The molecule has 1 rings (SSSR count). The van der Waals surface area contributed by atoms with Crippen LogP contribution in [0.5, 0.6) is 0 Å². The smallest absolute Gasteiger partial charge is 0.152 e. The lowest BCUT2D eigenvalue weighted by molar-refractivity contribution is -0.114. The Kier molecular flexibility index (Phi) is 9.65. The van der Waals surface area contributed by atoms with Crippen molar-refractivity contribution >= 4 is 52.8 Å². The molecule has 0 spiro atoms. The van der Waals surface area contributed by atoms with E-state index in [9.17, 15) is 4.79 Å². The molecule has 1 nitrogen and oxygen atoms in total. The molecule has 1 aliphatic heterocycles. The van der Waals surface area contributed by atoms with Crippen molar-refractivity contribution in [3.63, 3.8) is 0 Å². The van der Waals surface area contributed by atoms with E-state index >= 15 is 0 Å². The molecule has 1 aliphatic rings. The quantitative estimate of drug-likeness (QED) is 0.677. The van der Waals surface area contributed by atoms with Gasteiger partial charge in [-0.1, -0.05) is 0 Å². The minimum absolute atomic E-state index is 0.414. The second-order valence-corrected chi connectivity index (χ2v) is 7.88. The zero-order valence-electron chi connectivity index (χ0n) is 8.91. The molecule has 0 atom stereocenters. The average Bonchev–Trinajstić information content (AvgIpc) is 2.24. The van der Waals surface area contributed by atoms with Crippen LogP contribution in [0.15, 0.2) is 0 Å². The van der Waals surface area contributed by atoms with E-state index in [4.69, 9.17) is 0 Å². The first-order valence-corrected chi connectivity index (χ1v) is 9.84. The zero-order valence-corrected chi connectivity index (χ0v) is 12.2. The van der Waals surface area contributed by atoms with Gasteiger partial charge < -0.3 is 0 Å². The van der Waals surface area contributed by atoms with E-state index in [0.29, 0.717) is 5.78 Å². The molecule has 0 unspecified atom stereocenters. The van der Waals surface area contributed by atoms with Gasteiger partial charge in [0.25, 0.3) is 0 Å². The summed E-state index contributed by atoms with van der Waals surface area (Å²) in [5.41, 5.74) is 0. The van der Waals surface area contributed by atoms with Crippen LogP contribution in [0.3, 0.4) is 0 Å². The van der Waals surface area contributed by atoms with Gasteiger partial charge >= 0.3 is 0 Å². The van der Waals surface area contributed by atoms with Crippen LogP contribution in [0.1, 0.15) is 6.42 Å². The highest BCUT2D eigenvalue weighted by atomic mass is 32.2. The maximum Gasteiger partial charge on any atom is 0.152 e. The van der Waals surface area contributed by atoms with Gasteiger partial charge in [0.2, 0.25) is 0 Å². The third-order valence-corrected chi connectivity index (χ3v) is 6.54. The van der Waals surface area contributed by atoms with E-state index < -0.39 is 0 Å². The molecule has 15 heavy (non-hydrogen) atoms. The van der Waals surface area contributed by atoms with Crippen molar-refractivity contribution in [2.24, 2.45) is 0 Å². The van der Waals surface area contributed by atoms with Crippen molar-refractivity contribution < 1.29 is 4.79 Å². The Morgan fingerprint density at radius 2 is 1.13 bits per heavy atom. The van der Waals surface area contributed by atoms with Gasteiger partial charge in [0.15, 0.2) is 5.78 Å². The molecule has 88 valence electrons. The molecule has 0 aromatic rings. The summed E-state index contributed by atoms with van der Waals surface area (Å²) in [6, 6.07) is 0. The normalized spacial score (nSPS) is 23.3. The summed E-state index contributed by atoms with van der Waals surface area (Å²) >= 11 is 7.66. The van der Waals surface area contributed by atoms with Crippen LogP contribution in [0.2, 0.25) is 0 Å². The first-order valence-electron chi connectivity index (χ1n) is 5.22. The van der Waals surface area contributed by atoms with Gasteiger partial charge in [0.1, 0.15) is 0 Å². The molecule has 0 radical (unpaired) electrons. The molecule has 1 fully saturated rings. The predicted octanol–water partition coefficient (Wildman–Crippen LogP) is 2.89.